The highest BCUT2D eigenvalue weighted by Crippen LogP contribution is 2.46. The highest BCUT2D eigenvalue weighted by atomic mass is 19.4. The number of benzene rings is 3. The molecule has 0 spiro atoms. The molecule has 4 atom stereocenters. The van der Waals surface area contributed by atoms with E-state index < -0.39 is 87.9 Å². The summed E-state index contributed by atoms with van der Waals surface area (Å²) in [5, 5.41) is 2.45. The van der Waals surface area contributed by atoms with Crippen molar-refractivity contribution in [2.45, 2.75) is 82.0 Å². The lowest BCUT2D eigenvalue weighted by Crippen LogP contribution is -2.55. The average Bonchev–Trinajstić information content (AvgIpc) is 2.96. The minimum atomic E-state index is -5.30. The first-order valence-corrected chi connectivity index (χ1v) is 14.5. The summed E-state index contributed by atoms with van der Waals surface area (Å²) in [5.74, 6) is -3.90. The largest absolute Gasteiger partial charge is 0.416 e. The van der Waals surface area contributed by atoms with Gasteiger partial charge in [-0.2, -0.15) is 39.5 Å². The molecule has 14 heteroatoms. The van der Waals surface area contributed by atoms with Gasteiger partial charge in [-0.3, -0.25) is 4.79 Å². The Morgan fingerprint density at radius 1 is 0.787 bits per heavy atom. The summed E-state index contributed by atoms with van der Waals surface area (Å²) in [4.78, 5) is 13.8. The predicted octanol–water partition coefficient (Wildman–Crippen LogP) is 9.68. The van der Waals surface area contributed by atoms with Gasteiger partial charge in [0.1, 0.15) is 12.0 Å². The SMILES string of the molecule is CC(C)OC1CC([C@@](Cc2ccccc2)(NC(=O)c2cc(C(F)(F)F)cc(C(F)(F)F)c2)c2cc(F)cc(C(F)(F)F)c2)CCC1F. The Balaban J connectivity index is 1.98. The second kappa shape index (κ2) is 13.4. The van der Waals surface area contributed by atoms with Crippen molar-refractivity contribution in [3.8, 4) is 0 Å². The Bertz CT molecular complexity index is 1520. The van der Waals surface area contributed by atoms with E-state index in [1.165, 1.54) is 12.1 Å². The highest BCUT2D eigenvalue weighted by Gasteiger charge is 2.48. The summed E-state index contributed by atoms with van der Waals surface area (Å²) >= 11 is 0. The molecular formula is C33H30F11NO2. The molecule has 0 aliphatic heterocycles. The maximum Gasteiger partial charge on any atom is 0.416 e. The number of alkyl halides is 10. The molecule has 0 aromatic heterocycles. The first-order chi connectivity index (χ1) is 21.7. The van der Waals surface area contributed by atoms with Gasteiger partial charge in [0, 0.05) is 12.0 Å². The Morgan fingerprint density at radius 2 is 1.30 bits per heavy atom. The molecule has 1 saturated carbocycles. The summed E-state index contributed by atoms with van der Waals surface area (Å²) in [6, 6.07) is 9.47. The smallest absolute Gasteiger partial charge is 0.373 e. The first-order valence-electron chi connectivity index (χ1n) is 14.5. The lowest BCUT2D eigenvalue weighted by Gasteiger charge is -2.47. The van der Waals surface area contributed by atoms with Gasteiger partial charge < -0.3 is 10.1 Å². The monoisotopic (exact) mass is 681 g/mol. The zero-order valence-electron chi connectivity index (χ0n) is 25.0. The second-order valence-corrected chi connectivity index (χ2v) is 11.9. The fourth-order valence-corrected chi connectivity index (χ4v) is 6.02. The van der Waals surface area contributed by atoms with Crippen molar-refractivity contribution >= 4 is 5.91 Å². The van der Waals surface area contributed by atoms with Crippen LogP contribution in [0.15, 0.2) is 66.7 Å². The Hall–Kier alpha value is -3.68. The van der Waals surface area contributed by atoms with E-state index in [0.717, 1.165) is 0 Å². The van der Waals surface area contributed by atoms with Crippen LogP contribution >= 0.6 is 0 Å². The van der Waals surface area contributed by atoms with Gasteiger partial charge >= 0.3 is 18.5 Å². The molecule has 256 valence electrons. The Morgan fingerprint density at radius 3 is 1.83 bits per heavy atom. The normalized spacial score (nSPS) is 20.6. The lowest BCUT2D eigenvalue weighted by molar-refractivity contribution is -0.143. The maximum atomic E-state index is 15.1. The third kappa shape index (κ3) is 8.62. The number of rotatable bonds is 8. The van der Waals surface area contributed by atoms with Crippen LogP contribution in [0, 0.1) is 11.7 Å². The van der Waals surface area contributed by atoms with Crippen LogP contribution in [0.5, 0.6) is 0 Å². The van der Waals surface area contributed by atoms with E-state index in [2.05, 4.69) is 5.32 Å². The molecule has 1 N–H and O–H groups in total. The van der Waals surface area contributed by atoms with Crippen LogP contribution in [0.4, 0.5) is 48.3 Å². The fourth-order valence-electron chi connectivity index (χ4n) is 6.02. The van der Waals surface area contributed by atoms with Crippen LogP contribution in [0.3, 0.4) is 0 Å². The van der Waals surface area contributed by atoms with Gasteiger partial charge in [-0.05, 0) is 86.6 Å². The van der Waals surface area contributed by atoms with Gasteiger partial charge in [-0.1, -0.05) is 30.3 Å². The zero-order valence-corrected chi connectivity index (χ0v) is 25.0. The van der Waals surface area contributed by atoms with Crippen molar-refractivity contribution in [1.29, 1.82) is 0 Å². The van der Waals surface area contributed by atoms with Gasteiger partial charge in [-0.25, -0.2) is 8.78 Å². The number of nitrogens with one attached hydrogen (secondary N) is 1. The number of hydrogen-bond acceptors (Lipinski definition) is 2. The van der Waals surface area contributed by atoms with E-state index in [0.29, 0.717) is 17.7 Å². The van der Waals surface area contributed by atoms with Gasteiger partial charge in [-0.15, -0.1) is 0 Å². The molecule has 4 rings (SSSR count). The summed E-state index contributed by atoms with van der Waals surface area (Å²) in [5.41, 5.74) is -8.33. The van der Waals surface area contributed by atoms with E-state index >= 15 is 4.39 Å². The molecule has 1 fully saturated rings. The predicted molar refractivity (Wildman–Crippen MR) is 149 cm³/mol. The maximum absolute atomic E-state index is 15.1. The molecule has 0 bridgehead atoms. The minimum absolute atomic E-state index is 0.111. The highest BCUT2D eigenvalue weighted by molar-refractivity contribution is 5.95. The molecule has 1 aliphatic carbocycles. The second-order valence-electron chi connectivity index (χ2n) is 11.9. The molecule has 0 saturated heterocycles. The summed E-state index contributed by atoms with van der Waals surface area (Å²) in [6.07, 6.45) is -19.8. The molecule has 47 heavy (non-hydrogen) atoms. The zero-order chi connectivity index (χ0) is 34.9. The van der Waals surface area contributed by atoms with Gasteiger partial charge in [0.2, 0.25) is 0 Å². The van der Waals surface area contributed by atoms with E-state index in [4.69, 9.17) is 4.74 Å². The van der Waals surface area contributed by atoms with E-state index in [1.807, 2.05) is 0 Å². The number of hydrogen-bond donors (Lipinski definition) is 1. The Labute approximate surface area is 263 Å². The van der Waals surface area contributed by atoms with Crippen LogP contribution in [0.25, 0.3) is 0 Å². The van der Waals surface area contributed by atoms with E-state index in [-0.39, 0.29) is 49.9 Å². The van der Waals surface area contributed by atoms with E-state index in [9.17, 15) is 48.7 Å². The van der Waals surface area contributed by atoms with Crippen LogP contribution in [-0.2, 0) is 35.2 Å². The number of amides is 1. The van der Waals surface area contributed by atoms with Crippen LogP contribution in [0.2, 0.25) is 0 Å². The third-order valence-electron chi connectivity index (χ3n) is 8.11. The van der Waals surface area contributed by atoms with Gasteiger partial charge in [0.05, 0.1) is 34.4 Å². The molecule has 3 nitrogen and oxygen atoms in total. The number of ether oxygens (including phenoxy) is 1. The fraction of sp³-hybridized carbons (Fsp3) is 0.424. The third-order valence-corrected chi connectivity index (χ3v) is 8.11. The van der Waals surface area contributed by atoms with Crippen molar-refractivity contribution in [2.75, 3.05) is 0 Å². The summed E-state index contributed by atoms with van der Waals surface area (Å²) in [7, 11) is 0. The molecule has 3 aromatic rings. The summed E-state index contributed by atoms with van der Waals surface area (Å²) in [6.45, 7) is 3.23. The van der Waals surface area contributed by atoms with Gasteiger partial charge in [0.15, 0.2) is 0 Å². The molecule has 3 aromatic carbocycles. The van der Waals surface area contributed by atoms with E-state index in [1.54, 1.807) is 32.0 Å². The standard InChI is InChI=1S/C33H30F11NO2/c1-18(2)47-28-16-21(8-9-27(28)35)30(17-19-6-4-3-5-7-19,22-12-25(33(42,43)44)15-26(34)14-22)45-29(46)20-10-23(31(36,37)38)13-24(11-20)32(39,40)41/h3-7,10-15,18,21,27-28H,8-9,16-17H2,1-2H3,(H,45,46)/t21?,27?,28?,30-/m1/s1. The number of carbonyl (C=O) groups is 1. The van der Waals surface area contributed by atoms with Crippen molar-refractivity contribution in [2.24, 2.45) is 5.92 Å². The molecular weight excluding hydrogens is 651 g/mol. The van der Waals surface area contributed by atoms with Crippen molar-refractivity contribution in [3.63, 3.8) is 0 Å². The molecule has 0 radical (unpaired) electrons. The van der Waals surface area contributed by atoms with Gasteiger partial charge in [0.25, 0.3) is 5.91 Å². The van der Waals surface area contributed by atoms with Crippen molar-refractivity contribution < 1.29 is 57.8 Å². The average molecular weight is 682 g/mol. The van der Waals surface area contributed by atoms with Crippen LogP contribution < -0.4 is 5.32 Å². The molecule has 0 heterocycles. The van der Waals surface area contributed by atoms with Crippen molar-refractivity contribution in [1.82, 2.24) is 5.32 Å². The summed E-state index contributed by atoms with van der Waals surface area (Å²) < 4.78 is 160. The van der Waals surface area contributed by atoms with Crippen LogP contribution in [0.1, 0.15) is 71.3 Å². The number of halogens is 11. The Kier molecular flexibility index (Phi) is 10.3. The first kappa shape index (κ1) is 36.2. The molecule has 1 aliphatic rings. The topological polar surface area (TPSA) is 38.3 Å². The molecule has 1 amide bonds. The van der Waals surface area contributed by atoms with Crippen molar-refractivity contribution in [3.05, 3.63) is 106 Å². The lowest BCUT2D eigenvalue weighted by atomic mass is 9.66. The van der Waals surface area contributed by atoms with Crippen LogP contribution in [-0.4, -0.2) is 24.3 Å². The number of carbonyl (C=O) groups excluding carboxylic acids is 1. The quantitative estimate of drug-likeness (QED) is 0.241. The molecule has 3 unspecified atom stereocenters. The minimum Gasteiger partial charge on any atom is -0.373 e.